The SMILES string of the molecule is CCOC(=O)C(N)CSc1ccc(Oc2c(F)cnc(Oc3cc(C#N)ccc3OCc3ccccc3)c2F)c(C2=NCCN2C)c1. The Bertz CT molecular complexity index is 1820. The lowest BCUT2D eigenvalue weighted by Gasteiger charge is -2.19. The first-order valence-electron chi connectivity index (χ1n) is 14.6. The molecule has 0 saturated carbocycles. The van der Waals surface area contributed by atoms with Gasteiger partial charge in [0.2, 0.25) is 11.6 Å². The van der Waals surface area contributed by atoms with E-state index < -0.39 is 35.3 Å². The molecule has 0 fully saturated rings. The maximum Gasteiger partial charge on any atom is 0.323 e. The summed E-state index contributed by atoms with van der Waals surface area (Å²) in [6.07, 6.45) is 0.784. The molecule has 47 heavy (non-hydrogen) atoms. The molecule has 1 aliphatic rings. The molecule has 0 amide bonds. The smallest absolute Gasteiger partial charge is 0.323 e. The van der Waals surface area contributed by atoms with Gasteiger partial charge in [-0.05, 0) is 42.8 Å². The van der Waals surface area contributed by atoms with Gasteiger partial charge in [-0.3, -0.25) is 9.79 Å². The maximum atomic E-state index is 15.9. The Morgan fingerprint density at radius 1 is 1.09 bits per heavy atom. The van der Waals surface area contributed by atoms with Gasteiger partial charge in [-0.15, -0.1) is 11.8 Å². The number of aromatic nitrogens is 1. The summed E-state index contributed by atoms with van der Waals surface area (Å²) in [7, 11) is 1.85. The minimum atomic E-state index is -1.20. The second-order valence-electron chi connectivity index (χ2n) is 10.3. The van der Waals surface area contributed by atoms with Gasteiger partial charge in [0.1, 0.15) is 24.2 Å². The number of hydrogen-bond donors (Lipinski definition) is 1. The van der Waals surface area contributed by atoms with Crippen molar-refractivity contribution in [3.05, 3.63) is 101 Å². The fraction of sp³-hybridized carbons (Fsp3) is 0.235. The number of esters is 1. The third kappa shape index (κ3) is 8.16. The second-order valence-corrected chi connectivity index (χ2v) is 11.4. The van der Waals surface area contributed by atoms with Crippen molar-refractivity contribution in [3.63, 3.8) is 0 Å². The number of amidine groups is 1. The molecule has 0 spiro atoms. The van der Waals surface area contributed by atoms with E-state index >= 15 is 8.78 Å². The predicted molar refractivity (Wildman–Crippen MR) is 172 cm³/mol. The van der Waals surface area contributed by atoms with Gasteiger partial charge < -0.3 is 29.6 Å². The molecule has 4 aromatic rings. The lowest BCUT2D eigenvalue weighted by Crippen LogP contribution is -2.34. The molecular formula is C34H31F2N5O5S. The van der Waals surface area contributed by atoms with Crippen molar-refractivity contribution >= 4 is 23.6 Å². The summed E-state index contributed by atoms with van der Waals surface area (Å²) in [6.45, 7) is 3.29. The topological polar surface area (TPSA) is 132 Å². The Labute approximate surface area is 274 Å². The summed E-state index contributed by atoms with van der Waals surface area (Å²) in [5.74, 6) is -2.92. The molecule has 5 rings (SSSR count). The lowest BCUT2D eigenvalue weighted by atomic mass is 10.1. The van der Waals surface area contributed by atoms with Crippen LogP contribution in [0.2, 0.25) is 0 Å². The number of halogens is 2. The first kappa shape index (κ1) is 33.2. The van der Waals surface area contributed by atoms with E-state index in [0.29, 0.717) is 24.5 Å². The van der Waals surface area contributed by atoms with E-state index in [-0.39, 0.29) is 41.8 Å². The highest BCUT2D eigenvalue weighted by Gasteiger charge is 2.25. The van der Waals surface area contributed by atoms with Gasteiger partial charge >= 0.3 is 5.97 Å². The summed E-state index contributed by atoms with van der Waals surface area (Å²) in [5.41, 5.74) is 7.56. The van der Waals surface area contributed by atoms with Crippen molar-refractivity contribution in [2.24, 2.45) is 10.7 Å². The van der Waals surface area contributed by atoms with E-state index in [4.69, 9.17) is 24.7 Å². The van der Waals surface area contributed by atoms with Crippen LogP contribution in [-0.2, 0) is 16.1 Å². The second kappa shape index (κ2) is 15.4. The molecular weight excluding hydrogens is 628 g/mol. The Morgan fingerprint density at radius 3 is 2.60 bits per heavy atom. The molecule has 10 nitrogen and oxygen atoms in total. The highest BCUT2D eigenvalue weighted by molar-refractivity contribution is 7.99. The lowest BCUT2D eigenvalue weighted by molar-refractivity contribution is -0.144. The summed E-state index contributed by atoms with van der Waals surface area (Å²) >= 11 is 1.32. The molecule has 2 heterocycles. The zero-order valence-corrected chi connectivity index (χ0v) is 26.4. The fourth-order valence-electron chi connectivity index (χ4n) is 4.51. The number of carbonyl (C=O) groups excluding carboxylic acids is 1. The maximum absolute atomic E-state index is 15.9. The van der Waals surface area contributed by atoms with Crippen LogP contribution in [-0.4, -0.2) is 60.2 Å². The largest absolute Gasteiger partial charge is 0.485 e. The fourth-order valence-corrected chi connectivity index (χ4v) is 5.39. The van der Waals surface area contributed by atoms with Gasteiger partial charge in [0.05, 0.1) is 36.5 Å². The first-order chi connectivity index (χ1) is 22.8. The van der Waals surface area contributed by atoms with Crippen molar-refractivity contribution in [3.8, 4) is 34.9 Å². The Balaban J connectivity index is 1.42. The van der Waals surface area contributed by atoms with Gasteiger partial charge in [-0.2, -0.15) is 9.65 Å². The van der Waals surface area contributed by atoms with Gasteiger partial charge in [-0.25, -0.2) is 9.37 Å². The molecule has 13 heteroatoms. The number of hydrogen-bond acceptors (Lipinski definition) is 11. The van der Waals surface area contributed by atoms with Crippen molar-refractivity contribution in [1.82, 2.24) is 9.88 Å². The quantitative estimate of drug-likeness (QED) is 0.133. The normalized spacial score (nSPS) is 13.0. The third-order valence-corrected chi connectivity index (χ3v) is 8.01. The molecule has 1 unspecified atom stereocenters. The number of benzene rings is 3. The number of thioether (sulfide) groups is 1. The monoisotopic (exact) mass is 659 g/mol. The predicted octanol–water partition coefficient (Wildman–Crippen LogP) is 6.07. The summed E-state index contributed by atoms with van der Waals surface area (Å²) in [5, 5.41) is 9.44. The third-order valence-electron chi connectivity index (χ3n) is 6.90. The zero-order chi connectivity index (χ0) is 33.3. The average molecular weight is 660 g/mol. The van der Waals surface area contributed by atoms with Gasteiger partial charge in [0, 0.05) is 30.3 Å². The average Bonchev–Trinajstić information content (AvgIpc) is 3.52. The minimum absolute atomic E-state index is 0.00830. The van der Waals surface area contributed by atoms with Crippen LogP contribution in [0.1, 0.15) is 23.6 Å². The molecule has 242 valence electrons. The molecule has 0 saturated heterocycles. The number of nitrogens with two attached hydrogens (primary N) is 1. The molecule has 1 aliphatic heterocycles. The van der Waals surface area contributed by atoms with Crippen LogP contribution < -0.4 is 19.9 Å². The summed E-state index contributed by atoms with van der Waals surface area (Å²) < 4.78 is 53.6. The summed E-state index contributed by atoms with van der Waals surface area (Å²) in [4.78, 5) is 23.0. The highest BCUT2D eigenvalue weighted by atomic mass is 32.2. The Morgan fingerprint density at radius 2 is 1.87 bits per heavy atom. The van der Waals surface area contributed by atoms with Gasteiger partial charge in [0.15, 0.2) is 17.3 Å². The van der Waals surface area contributed by atoms with Crippen molar-refractivity contribution in [2.75, 3.05) is 32.5 Å². The van der Waals surface area contributed by atoms with E-state index in [1.165, 1.54) is 30.0 Å². The van der Waals surface area contributed by atoms with E-state index in [1.807, 2.05) is 48.3 Å². The standard InChI is InChI=1S/C34H31F2N5O5S/c1-3-43-34(42)26(38)20-47-23-10-12-27(24(16-23)32-39-13-14-41(32)2)45-31-25(35)18-40-33(30(31)36)46-29-15-22(17-37)9-11-28(29)44-19-21-7-5-4-6-8-21/h4-12,15-16,18,26H,3,13-14,19-20,38H2,1-2H3. The van der Waals surface area contributed by atoms with Crippen LogP contribution >= 0.6 is 11.8 Å². The van der Waals surface area contributed by atoms with E-state index in [0.717, 1.165) is 16.7 Å². The zero-order valence-electron chi connectivity index (χ0n) is 25.6. The van der Waals surface area contributed by atoms with E-state index in [1.54, 1.807) is 25.1 Å². The molecule has 0 bridgehead atoms. The number of rotatable bonds is 13. The van der Waals surface area contributed by atoms with E-state index in [9.17, 15) is 10.1 Å². The van der Waals surface area contributed by atoms with Crippen LogP contribution in [0, 0.1) is 23.0 Å². The molecule has 0 radical (unpaired) electrons. The van der Waals surface area contributed by atoms with Crippen LogP contribution in [0.15, 0.2) is 82.8 Å². The number of nitriles is 1. The van der Waals surface area contributed by atoms with Crippen molar-refractivity contribution in [2.45, 2.75) is 24.5 Å². The number of carbonyl (C=O) groups is 1. The van der Waals surface area contributed by atoms with Crippen molar-refractivity contribution in [1.29, 1.82) is 5.26 Å². The van der Waals surface area contributed by atoms with Gasteiger partial charge in [0.25, 0.3) is 5.88 Å². The minimum Gasteiger partial charge on any atom is -0.485 e. The van der Waals surface area contributed by atoms with Crippen LogP contribution in [0.4, 0.5) is 8.78 Å². The molecule has 2 N–H and O–H groups in total. The summed E-state index contributed by atoms with van der Waals surface area (Å²) in [6, 6.07) is 20.0. The number of aliphatic imine (C=N–C) groups is 1. The van der Waals surface area contributed by atoms with E-state index in [2.05, 4.69) is 9.98 Å². The number of likely N-dealkylation sites (N-methyl/N-ethyl adjacent to an activating group) is 1. The molecule has 0 aliphatic carbocycles. The van der Waals surface area contributed by atoms with Crippen LogP contribution in [0.5, 0.6) is 28.9 Å². The first-order valence-corrected chi connectivity index (χ1v) is 15.6. The van der Waals surface area contributed by atoms with Gasteiger partial charge in [-0.1, -0.05) is 30.3 Å². The van der Waals surface area contributed by atoms with Crippen LogP contribution in [0.25, 0.3) is 0 Å². The molecule has 3 aromatic carbocycles. The molecule has 1 aromatic heterocycles. The number of nitrogens with zero attached hydrogens (tertiary/aromatic N) is 4. The number of ether oxygens (including phenoxy) is 4. The van der Waals surface area contributed by atoms with Crippen LogP contribution in [0.3, 0.4) is 0 Å². The van der Waals surface area contributed by atoms with Crippen molar-refractivity contribution < 1.29 is 32.5 Å². The number of pyridine rings is 1. The Hall–Kier alpha value is -5.19. The highest BCUT2D eigenvalue weighted by Crippen LogP contribution is 2.39. The Kier molecular flexibility index (Phi) is 10.9. The molecule has 1 atom stereocenters.